The number of carbonyl (C=O) groups excluding carboxylic acids is 1. The molecule has 0 N–H and O–H groups in total. The Labute approximate surface area is 259 Å². The zero-order valence-corrected chi connectivity index (χ0v) is 25.9. The van der Waals surface area contributed by atoms with E-state index in [1.165, 1.54) is 46.4 Å². The molecule has 1 saturated heterocycles. The third-order valence-corrected chi connectivity index (χ3v) is 8.40. The third-order valence-electron chi connectivity index (χ3n) is 7.44. The number of anilines is 1. The average molecular weight is 622 g/mol. The molecule has 0 radical (unpaired) electrons. The van der Waals surface area contributed by atoms with Crippen molar-refractivity contribution < 1.29 is 22.7 Å². The fraction of sp³-hybridized carbons (Fsp3) is 0.333. The SMILES string of the molecule is Cc1cccc(C)c1N1CCSC1=NC(=O)CCC(C)(C)Cc1ccc(-c2ncn(-c3ccc(OC(F)(F)F)cc3)n2)cc1. The Morgan fingerprint density at radius 3 is 2.34 bits per heavy atom. The Bertz CT molecular complexity index is 1630. The molecule has 7 nitrogen and oxygen atoms in total. The number of hydrogen-bond donors (Lipinski definition) is 0. The second kappa shape index (κ2) is 12.9. The van der Waals surface area contributed by atoms with Gasteiger partial charge in [-0.1, -0.05) is 68.1 Å². The van der Waals surface area contributed by atoms with Crippen LogP contribution in [-0.4, -0.2) is 44.5 Å². The minimum Gasteiger partial charge on any atom is -0.406 e. The molecule has 1 aromatic heterocycles. The van der Waals surface area contributed by atoms with Crippen LogP contribution in [0.1, 0.15) is 43.4 Å². The monoisotopic (exact) mass is 621 g/mol. The molecule has 0 aliphatic carbocycles. The van der Waals surface area contributed by atoms with E-state index in [0.717, 1.165) is 40.7 Å². The van der Waals surface area contributed by atoms with Gasteiger partial charge >= 0.3 is 6.36 Å². The second-order valence-electron chi connectivity index (χ2n) is 11.6. The lowest BCUT2D eigenvalue weighted by Crippen LogP contribution is -2.26. The van der Waals surface area contributed by atoms with E-state index in [2.05, 4.69) is 64.5 Å². The van der Waals surface area contributed by atoms with E-state index in [9.17, 15) is 18.0 Å². The summed E-state index contributed by atoms with van der Waals surface area (Å²) in [6.07, 6.45) is -1.36. The first-order chi connectivity index (χ1) is 20.9. The van der Waals surface area contributed by atoms with E-state index in [-0.39, 0.29) is 17.1 Å². The standard InChI is InChI=1S/C33H34F3N5O2S/c1-22-6-5-7-23(2)29(22)40-18-19-44-31(40)38-28(42)16-17-32(3,4)20-24-8-10-25(11-9-24)30-37-21-41(39-30)26-12-14-27(15-13-26)43-33(34,35)36/h5-15,21H,16-20H2,1-4H3. The maximum absolute atomic E-state index is 12.9. The van der Waals surface area contributed by atoms with Crippen molar-refractivity contribution in [3.8, 4) is 22.8 Å². The van der Waals surface area contributed by atoms with Crippen LogP contribution in [0.5, 0.6) is 5.75 Å². The van der Waals surface area contributed by atoms with Crippen molar-refractivity contribution in [1.29, 1.82) is 0 Å². The molecule has 2 heterocycles. The summed E-state index contributed by atoms with van der Waals surface area (Å²) in [5.41, 5.74) is 5.88. The fourth-order valence-electron chi connectivity index (χ4n) is 5.27. The molecule has 4 aromatic rings. The highest BCUT2D eigenvalue weighted by molar-refractivity contribution is 8.14. The number of rotatable bonds is 9. The zero-order chi connectivity index (χ0) is 31.5. The molecule has 1 fully saturated rings. The Morgan fingerprint density at radius 2 is 1.68 bits per heavy atom. The number of amides is 1. The van der Waals surface area contributed by atoms with Gasteiger partial charge in [0.05, 0.1) is 5.69 Å². The van der Waals surface area contributed by atoms with Crippen molar-refractivity contribution in [2.75, 3.05) is 17.2 Å². The molecular weight excluding hydrogens is 587 g/mol. The molecule has 0 atom stereocenters. The summed E-state index contributed by atoms with van der Waals surface area (Å²) in [7, 11) is 0. The number of alkyl halides is 3. The van der Waals surface area contributed by atoms with Crippen LogP contribution in [0.25, 0.3) is 17.1 Å². The predicted molar refractivity (Wildman–Crippen MR) is 168 cm³/mol. The highest BCUT2D eigenvalue weighted by Gasteiger charge is 2.31. The number of aryl methyl sites for hydroxylation is 2. The lowest BCUT2D eigenvalue weighted by molar-refractivity contribution is -0.274. The van der Waals surface area contributed by atoms with Gasteiger partial charge in [-0.3, -0.25) is 4.79 Å². The summed E-state index contributed by atoms with van der Waals surface area (Å²) in [5, 5.41) is 5.25. The summed E-state index contributed by atoms with van der Waals surface area (Å²) in [4.78, 5) is 24.0. The summed E-state index contributed by atoms with van der Waals surface area (Å²) in [6, 6.07) is 19.6. The number of hydrogen-bond acceptors (Lipinski definition) is 5. The van der Waals surface area contributed by atoms with Crippen molar-refractivity contribution in [1.82, 2.24) is 14.8 Å². The topological polar surface area (TPSA) is 72.6 Å². The number of halogens is 3. The van der Waals surface area contributed by atoms with Gasteiger partial charge in [-0.15, -0.1) is 18.3 Å². The van der Waals surface area contributed by atoms with Crippen molar-refractivity contribution in [3.63, 3.8) is 0 Å². The Hall–Kier alpha value is -4.12. The van der Waals surface area contributed by atoms with Crippen LogP contribution in [0.15, 0.2) is 78.0 Å². The predicted octanol–water partition coefficient (Wildman–Crippen LogP) is 7.93. The van der Waals surface area contributed by atoms with Gasteiger partial charge in [0.25, 0.3) is 0 Å². The van der Waals surface area contributed by atoms with E-state index in [1.807, 2.05) is 30.3 Å². The molecule has 11 heteroatoms. The van der Waals surface area contributed by atoms with E-state index in [1.54, 1.807) is 11.8 Å². The number of nitrogens with zero attached hydrogens (tertiary/aromatic N) is 5. The zero-order valence-electron chi connectivity index (χ0n) is 25.1. The number of aromatic nitrogens is 3. The maximum atomic E-state index is 12.9. The molecule has 0 saturated carbocycles. The Morgan fingerprint density at radius 1 is 1.00 bits per heavy atom. The summed E-state index contributed by atoms with van der Waals surface area (Å²) in [5.74, 6) is 1.00. The minimum absolute atomic E-state index is 0.0989. The highest BCUT2D eigenvalue weighted by Crippen LogP contribution is 2.33. The molecule has 1 amide bonds. The van der Waals surface area contributed by atoms with Gasteiger partial charge in [0.15, 0.2) is 11.0 Å². The van der Waals surface area contributed by atoms with E-state index >= 15 is 0 Å². The fourth-order valence-corrected chi connectivity index (χ4v) is 6.24. The maximum Gasteiger partial charge on any atom is 0.573 e. The first-order valence-electron chi connectivity index (χ1n) is 14.3. The molecule has 1 aliphatic rings. The molecular formula is C33H34F3N5O2S. The van der Waals surface area contributed by atoms with Gasteiger partial charge in [-0.25, -0.2) is 9.67 Å². The second-order valence-corrected chi connectivity index (χ2v) is 12.7. The van der Waals surface area contributed by atoms with Crippen LogP contribution >= 0.6 is 11.8 Å². The van der Waals surface area contributed by atoms with E-state index < -0.39 is 6.36 Å². The molecule has 230 valence electrons. The summed E-state index contributed by atoms with van der Waals surface area (Å²) in [6.45, 7) is 9.33. The number of amidine groups is 1. The minimum atomic E-state index is -4.74. The van der Waals surface area contributed by atoms with Gasteiger partial charge < -0.3 is 9.64 Å². The normalized spacial score (nSPS) is 14.8. The Kier molecular flexibility index (Phi) is 9.15. The first-order valence-corrected chi connectivity index (χ1v) is 15.3. The largest absolute Gasteiger partial charge is 0.573 e. The van der Waals surface area contributed by atoms with Gasteiger partial charge in [-0.2, -0.15) is 4.99 Å². The third kappa shape index (κ3) is 7.88. The number of aliphatic imine (C=N–C) groups is 1. The average Bonchev–Trinajstić information content (AvgIpc) is 3.62. The number of ether oxygens (including phenoxy) is 1. The molecule has 0 spiro atoms. The van der Waals surface area contributed by atoms with Crippen LogP contribution in [0.4, 0.5) is 18.9 Å². The number of carbonyl (C=O) groups is 1. The van der Waals surface area contributed by atoms with Crippen LogP contribution in [0, 0.1) is 19.3 Å². The number of para-hydroxylation sites is 1. The van der Waals surface area contributed by atoms with Crippen LogP contribution in [-0.2, 0) is 11.2 Å². The lowest BCUT2D eigenvalue weighted by Gasteiger charge is -2.24. The molecule has 3 aromatic carbocycles. The molecule has 44 heavy (non-hydrogen) atoms. The number of benzene rings is 3. The van der Waals surface area contributed by atoms with Crippen molar-refractivity contribution in [2.24, 2.45) is 10.4 Å². The van der Waals surface area contributed by atoms with Crippen molar-refractivity contribution >= 4 is 28.5 Å². The Balaban J connectivity index is 1.17. The van der Waals surface area contributed by atoms with Crippen LogP contribution in [0.2, 0.25) is 0 Å². The summed E-state index contributed by atoms with van der Waals surface area (Å²) >= 11 is 1.63. The highest BCUT2D eigenvalue weighted by atomic mass is 32.2. The molecule has 5 rings (SSSR count). The van der Waals surface area contributed by atoms with Crippen molar-refractivity contribution in [3.05, 3.63) is 89.7 Å². The van der Waals surface area contributed by atoms with Gasteiger partial charge in [0.2, 0.25) is 5.91 Å². The first kappa shape index (κ1) is 31.3. The van der Waals surface area contributed by atoms with Crippen molar-refractivity contribution in [2.45, 2.75) is 53.3 Å². The van der Waals surface area contributed by atoms with Crippen LogP contribution in [0.3, 0.4) is 0 Å². The van der Waals surface area contributed by atoms with E-state index in [0.29, 0.717) is 24.4 Å². The van der Waals surface area contributed by atoms with Gasteiger partial charge in [-0.05, 0) is 73.1 Å². The molecule has 1 aliphatic heterocycles. The van der Waals surface area contributed by atoms with Gasteiger partial charge in [0, 0.05) is 30.0 Å². The quantitative estimate of drug-likeness (QED) is 0.189. The number of thioether (sulfide) groups is 1. The lowest BCUT2D eigenvalue weighted by atomic mass is 9.81. The molecule has 0 unspecified atom stereocenters. The van der Waals surface area contributed by atoms with Gasteiger partial charge in [0.1, 0.15) is 12.1 Å². The van der Waals surface area contributed by atoms with E-state index in [4.69, 9.17) is 0 Å². The molecule has 0 bridgehead atoms. The van der Waals surface area contributed by atoms with Crippen LogP contribution < -0.4 is 9.64 Å². The smallest absolute Gasteiger partial charge is 0.406 e. The summed E-state index contributed by atoms with van der Waals surface area (Å²) < 4.78 is 42.7.